The molecule has 2 unspecified atom stereocenters. The summed E-state index contributed by atoms with van der Waals surface area (Å²) in [6.45, 7) is 2.86. The van der Waals surface area contributed by atoms with E-state index in [1.807, 2.05) is 0 Å². The highest BCUT2D eigenvalue weighted by Gasteiger charge is 2.34. The van der Waals surface area contributed by atoms with Gasteiger partial charge in [0.15, 0.2) is 0 Å². The molecule has 19 heavy (non-hydrogen) atoms. The molecule has 0 bridgehead atoms. The second kappa shape index (κ2) is 5.13. The van der Waals surface area contributed by atoms with E-state index in [2.05, 4.69) is 6.92 Å². The third-order valence-electron chi connectivity index (χ3n) is 3.49. The van der Waals surface area contributed by atoms with Gasteiger partial charge >= 0.3 is 0 Å². The molecular weight excluding hydrogens is 286 g/mol. The van der Waals surface area contributed by atoms with Crippen LogP contribution in [0, 0.1) is 11.8 Å². The molecule has 0 heterocycles. The van der Waals surface area contributed by atoms with Crippen molar-refractivity contribution >= 4 is 25.6 Å². The fourth-order valence-electron chi connectivity index (χ4n) is 2.09. The van der Waals surface area contributed by atoms with E-state index < -0.39 is 9.05 Å². The molecule has 0 N–H and O–H groups in total. The van der Waals surface area contributed by atoms with Gasteiger partial charge in [0.1, 0.15) is 0 Å². The van der Waals surface area contributed by atoms with E-state index in [9.17, 15) is 13.2 Å². The van der Waals surface area contributed by atoms with Crippen LogP contribution in [0.4, 0.5) is 0 Å². The van der Waals surface area contributed by atoms with Gasteiger partial charge in [0.25, 0.3) is 15.0 Å². The molecule has 2 rings (SSSR count). The Kier molecular flexibility index (Phi) is 3.87. The first-order valence-electron chi connectivity index (χ1n) is 6.09. The highest BCUT2D eigenvalue weighted by atomic mass is 35.7. The molecule has 0 aliphatic heterocycles. The zero-order valence-corrected chi connectivity index (χ0v) is 12.4. The van der Waals surface area contributed by atoms with Crippen LogP contribution in [0.1, 0.15) is 23.7 Å². The van der Waals surface area contributed by atoms with Crippen molar-refractivity contribution in [2.24, 2.45) is 11.8 Å². The smallest absolute Gasteiger partial charge is 0.261 e. The van der Waals surface area contributed by atoms with Crippen molar-refractivity contribution in [2.75, 3.05) is 13.6 Å². The Balaban J connectivity index is 2.14. The minimum absolute atomic E-state index is 0.0480. The number of halogens is 1. The topological polar surface area (TPSA) is 54.5 Å². The summed E-state index contributed by atoms with van der Waals surface area (Å²) in [5.74, 6) is 1.06. The first-order valence-corrected chi connectivity index (χ1v) is 8.40. The van der Waals surface area contributed by atoms with Crippen LogP contribution >= 0.6 is 10.7 Å². The summed E-state index contributed by atoms with van der Waals surface area (Å²) < 4.78 is 22.5. The molecule has 1 aromatic rings. The Morgan fingerprint density at radius 3 is 2.63 bits per heavy atom. The maximum atomic E-state index is 12.2. The Hall–Kier alpha value is -1.07. The van der Waals surface area contributed by atoms with Gasteiger partial charge in [-0.15, -0.1) is 0 Å². The van der Waals surface area contributed by atoms with Gasteiger partial charge in [-0.3, -0.25) is 4.79 Å². The number of benzene rings is 1. The summed E-state index contributed by atoms with van der Waals surface area (Å²) in [6, 6.07) is 5.82. The lowest BCUT2D eigenvalue weighted by Gasteiger charge is -2.17. The Morgan fingerprint density at radius 2 is 2.11 bits per heavy atom. The zero-order chi connectivity index (χ0) is 14.2. The second-order valence-electron chi connectivity index (χ2n) is 5.12. The fourth-order valence-corrected chi connectivity index (χ4v) is 2.89. The zero-order valence-electron chi connectivity index (χ0n) is 10.8. The van der Waals surface area contributed by atoms with E-state index in [0.717, 1.165) is 6.42 Å². The van der Waals surface area contributed by atoms with Crippen LogP contribution in [0.25, 0.3) is 0 Å². The average Bonchev–Trinajstić information content (AvgIpc) is 3.03. The molecule has 6 heteroatoms. The number of hydrogen-bond donors (Lipinski definition) is 0. The van der Waals surface area contributed by atoms with Crippen LogP contribution < -0.4 is 0 Å². The van der Waals surface area contributed by atoms with Gasteiger partial charge in [0.2, 0.25) is 0 Å². The highest BCUT2D eigenvalue weighted by Crippen LogP contribution is 2.38. The third-order valence-corrected chi connectivity index (χ3v) is 4.85. The van der Waals surface area contributed by atoms with Gasteiger partial charge in [0, 0.05) is 29.8 Å². The van der Waals surface area contributed by atoms with E-state index in [-0.39, 0.29) is 10.8 Å². The predicted octanol–water partition coefficient (Wildman–Crippen LogP) is 2.34. The number of hydrogen-bond acceptors (Lipinski definition) is 3. The van der Waals surface area contributed by atoms with Crippen LogP contribution in [0.15, 0.2) is 29.2 Å². The van der Waals surface area contributed by atoms with Gasteiger partial charge in [-0.1, -0.05) is 13.0 Å². The van der Waals surface area contributed by atoms with Gasteiger partial charge in [-0.25, -0.2) is 8.42 Å². The molecule has 1 saturated carbocycles. The van der Waals surface area contributed by atoms with E-state index in [0.29, 0.717) is 23.9 Å². The SMILES string of the molecule is CC1CC1CN(C)C(=O)c1cccc(S(=O)(=O)Cl)c1. The van der Waals surface area contributed by atoms with Crippen molar-refractivity contribution in [3.63, 3.8) is 0 Å². The molecule has 0 radical (unpaired) electrons. The summed E-state index contributed by atoms with van der Waals surface area (Å²) >= 11 is 0. The Bertz CT molecular complexity index is 600. The van der Waals surface area contributed by atoms with Crippen LogP contribution in [0.2, 0.25) is 0 Å². The van der Waals surface area contributed by atoms with Crippen molar-refractivity contribution in [1.29, 1.82) is 0 Å². The molecule has 1 aliphatic carbocycles. The van der Waals surface area contributed by atoms with E-state index in [1.165, 1.54) is 18.2 Å². The minimum atomic E-state index is -3.80. The fraction of sp³-hybridized carbons (Fsp3) is 0.462. The first-order chi connectivity index (χ1) is 8.79. The van der Waals surface area contributed by atoms with Crippen LogP contribution in [-0.4, -0.2) is 32.8 Å². The van der Waals surface area contributed by atoms with Crippen molar-refractivity contribution in [3.8, 4) is 0 Å². The normalized spacial score (nSPS) is 22.1. The number of carbonyl (C=O) groups is 1. The van der Waals surface area contributed by atoms with Crippen molar-refractivity contribution in [2.45, 2.75) is 18.2 Å². The molecule has 1 fully saturated rings. The summed E-state index contributed by atoms with van der Waals surface area (Å²) in [6.07, 6.45) is 1.15. The highest BCUT2D eigenvalue weighted by molar-refractivity contribution is 8.13. The lowest BCUT2D eigenvalue weighted by atomic mass is 10.2. The third kappa shape index (κ3) is 3.48. The number of nitrogens with zero attached hydrogens (tertiary/aromatic N) is 1. The molecule has 2 atom stereocenters. The molecule has 0 saturated heterocycles. The lowest BCUT2D eigenvalue weighted by Crippen LogP contribution is -2.29. The van der Waals surface area contributed by atoms with Crippen molar-refractivity contribution in [3.05, 3.63) is 29.8 Å². The van der Waals surface area contributed by atoms with Gasteiger partial charge < -0.3 is 4.90 Å². The van der Waals surface area contributed by atoms with Crippen LogP contribution in [0.5, 0.6) is 0 Å². The maximum absolute atomic E-state index is 12.2. The standard InChI is InChI=1S/C13H16ClNO3S/c1-9-6-11(9)8-15(2)13(16)10-4-3-5-12(7-10)19(14,17)18/h3-5,7,9,11H,6,8H2,1-2H3. The van der Waals surface area contributed by atoms with Crippen molar-refractivity contribution in [1.82, 2.24) is 4.90 Å². The van der Waals surface area contributed by atoms with Crippen LogP contribution in [-0.2, 0) is 9.05 Å². The van der Waals surface area contributed by atoms with Gasteiger partial charge in [-0.05, 0) is 36.5 Å². The molecule has 1 aromatic carbocycles. The second-order valence-corrected chi connectivity index (χ2v) is 7.69. The molecule has 104 valence electrons. The monoisotopic (exact) mass is 301 g/mol. The summed E-state index contributed by atoms with van der Waals surface area (Å²) in [7, 11) is 3.20. The maximum Gasteiger partial charge on any atom is 0.261 e. The molecule has 4 nitrogen and oxygen atoms in total. The Morgan fingerprint density at radius 1 is 1.47 bits per heavy atom. The van der Waals surface area contributed by atoms with Crippen LogP contribution in [0.3, 0.4) is 0 Å². The Labute approximate surface area is 117 Å². The quantitative estimate of drug-likeness (QED) is 0.802. The number of amides is 1. The van der Waals surface area contributed by atoms with Gasteiger partial charge in [-0.2, -0.15) is 0 Å². The lowest BCUT2D eigenvalue weighted by molar-refractivity contribution is 0.0787. The summed E-state index contributed by atoms with van der Waals surface area (Å²) in [5.41, 5.74) is 0.345. The first kappa shape index (κ1) is 14.3. The predicted molar refractivity (Wildman–Crippen MR) is 73.7 cm³/mol. The van der Waals surface area contributed by atoms with Gasteiger partial charge in [0.05, 0.1) is 4.90 Å². The number of rotatable bonds is 4. The number of carbonyl (C=O) groups excluding carboxylic acids is 1. The molecule has 0 spiro atoms. The largest absolute Gasteiger partial charge is 0.341 e. The van der Waals surface area contributed by atoms with Crippen molar-refractivity contribution < 1.29 is 13.2 Å². The minimum Gasteiger partial charge on any atom is -0.341 e. The summed E-state index contributed by atoms with van der Waals surface area (Å²) in [4.78, 5) is 13.8. The molecule has 1 aliphatic rings. The van der Waals surface area contributed by atoms with E-state index in [1.54, 1.807) is 18.0 Å². The van der Waals surface area contributed by atoms with E-state index in [4.69, 9.17) is 10.7 Å². The van der Waals surface area contributed by atoms with E-state index >= 15 is 0 Å². The molecule has 1 amide bonds. The molecular formula is C13H16ClNO3S. The molecule has 0 aromatic heterocycles. The summed E-state index contributed by atoms with van der Waals surface area (Å²) in [5, 5.41) is 0. The average molecular weight is 302 g/mol.